The molecule has 6 nitrogen and oxygen atoms in total. The van der Waals surface area contributed by atoms with Crippen LogP contribution in [0.15, 0.2) is 41.8 Å². The third kappa shape index (κ3) is 4.42. The average Bonchev–Trinajstić information content (AvgIpc) is 3.21. The van der Waals surface area contributed by atoms with Gasteiger partial charge in [0.1, 0.15) is 11.8 Å². The summed E-state index contributed by atoms with van der Waals surface area (Å²) in [6.45, 7) is 6.29. The highest BCUT2D eigenvalue weighted by molar-refractivity contribution is 7.12. The van der Waals surface area contributed by atoms with Gasteiger partial charge in [0, 0.05) is 26.2 Å². The van der Waals surface area contributed by atoms with Crippen LogP contribution in [0.4, 0.5) is 5.69 Å². The third-order valence-corrected chi connectivity index (χ3v) is 5.65. The van der Waals surface area contributed by atoms with Crippen molar-refractivity contribution in [1.29, 1.82) is 0 Å². The van der Waals surface area contributed by atoms with E-state index in [1.54, 1.807) is 23.1 Å². The van der Waals surface area contributed by atoms with Crippen LogP contribution >= 0.6 is 11.3 Å². The summed E-state index contributed by atoms with van der Waals surface area (Å²) in [5.41, 5.74) is 0.788. The number of nitrogens with one attached hydrogen (secondary N) is 1. The Labute approximate surface area is 163 Å². The molecule has 1 atom stereocenters. The van der Waals surface area contributed by atoms with Gasteiger partial charge in [-0.2, -0.15) is 0 Å². The number of nitrogens with zero attached hydrogens (tertiary/aromatic N) is 2. The number of piperazine rings is 1. The summed E-state index contributed by atoms with van der Waals surface area (Å²) in [4.78, 5) is 29.9. The molecule has 1 aliphatic rings. The number of para-hydroxylation sites is 2. The van der Waals surface area contributed by atoms with Crippen LogP contribution in [-0.4, -0.2) is 54.0 Å². The Hall–Kier alpha value is -2.54. The fourth-order valence-electron chi connectivity index (χ4n) is 3.23. The Morgan fingerprint density at radius 2 is 1.78 bits per heavy atom. The van der Waals surface area contributed by atoms with Crippen LogP contribution in [0.2, 0.25) is 0 Å². The van der Waals surface area contributed by atoms with Gasteiger partial charge >= 0.3 is 0 Å². The van der Waals surface area contributed by atoms with Gasteiger partial charge in [-0.1, -0.05) is 32.0 Å². The molecule has 0 bridgehead atoms. The highest BCUT2D eigenvalue weighted by Gasteiger charge is 2.31. The molecule has 0 aliphatic carbocycles. The monoisotopic (exact) mass is 387 g/mol. The first-order valence-corrected chi connectivity index (χ1v) is 10.0. The van der Waals surface area contributed by atoms with Crippen LogP contribution in [0.5, 0.6) is 5.75 Å². The first-order chi connectivity index (χ1) is 13.0. The van der Waals surface area contributed by atoms with Crippen molar-refractivity contribution in [1.82, 2.24) is 10.2 Å². The molecular formula is C20H25N3O3S. The molecule has 1 unspecified atom stereocenters. The molecule has 3 rings (SSSR count). The lowest BCUT2D eigenvalue weighted by Crippen LogP contribution is -2.56. The third-order valence-electron chi connectivity index (χ3n) is 4.78. The first-order valence-electron chi connectivity index (χ1n) is 9.13. The molecule has 7 heteroatoms. The smallest absolute Gasteiger partial charge is 0.262 e. The normalized spacial score (nSPS) is 15.7. The van der Waals surface area contributed by atoms with E-state index in [1.807, 2.05) is 37.4 Å². The zero-order chi connectivity index (χ0) is 19.4. The average molecular weight is 388 g/mol. The van der Waals surface area contributed by atoms with Crippen molar-refractivity contribution in [2.45, 2.75) is 19.9 Å². The fraction of sp³-hybridized carbons (Fsp3) is 0.400. The number of amides is 2. The summed E-state index contributed by atoms with van der Waals surface area (Å²) in [6, 6.07) is 10.3. The summed E-state index contributed by atoms with van der Waals surface area (Å²) in [6.07, 6.45) is 0. The number of phenolic OH excluding ortho intramolecular Hbond substituents is 1. The molecule has 1 aromatic heterocycles. The number of hydrogen-bond donors (Lipinski definition) is 2. The van der Waals surface area contributed by atoms with Crippen molar-refractivity contribution in [3.63, 3.8) is 0 Å². The van der Waals surface area contributed by atoms with E-state index in [9.17, 15) is 14.7 Å². The van der Waals surface area contributed by atoms with Crippen molar-refractivity contribution >= 4 is 28.8 Å². The number of hydrogen-bond acceptors (Lipinski definition) is 5. The highest BCUT2D eigenvalue weighted by atomic mass is 32.1. The lowest BCUT2D eigenvalue weighted by atomic mass is 10.0. The summed E-state index contributed by atoms with van der Waals surface area (Å²) in [5.74, 6) is -0.00473. The highest BCUT2D eigenvalue weighted by Crippen LogP contribution is 2.27. The quantitative estimate of drug-likeness (QED) is 0.827. The van der Waals surface area contributed by atoms with Gasteiger partial charge in [0.25, 0.3) is 5.91 Å². The largest absolute Gasteiger partial charge is 0.506 e. The van der Waals surface area contributed by atoms with Gasteiger partial charge in [-0.25, -0.2) is 0 Å². The molecule has 2 N–H and O–H groups in total. The summed E-state index contributed by atoms with van der Waals surface area (Å²) in [7, 11) is 0. The predicted octanol–water partition coefficient (Wildman–Crippen LogP) is 2.56. The van der Waals surface area contributed by atoms with E-state index in [1.165, 1.54) is 11.3 Å². The van der Waals surface area contributed by atoms with E-state index in [0.717, 1.165) is 5.69 Å². The van der Waals surface area contributed by atoms with Crippen molar-refractivity contribution < 1.29 is 14.7 Å². The Bertz CT molecular complexity index is 784. The van der Waals surface area contributed by atoms with E-state index in [2.05, 4.69) is 10.2 Å². The minimum atomic E-state index is -0.545. The second-order valence-corrected chi connectivity index (χ2v) is 7.92. The van der Waals surface area contributed by atoms with E-state index in [0.29, 0.717) is 31.1 Å². The Kier molecular flexibility index (Phi) is 6.01. The molecule has 2 amide bonds. The van der Waals surface area contributed by atoms with Gasteiger partial charge in [-0.05, 0) is 29.5 Å². The fourth-order valence-corrected chi connectivity index (χ4v) is 3.86. The molecule has 1 fully saturated rings. The molecule has 1 aliphatic heterocycles. The van der Waals surface area contributed by atoms with Gasteiger partial charge in [0.15, 0.2) is 0 Å². The maximum absolute atomic E-state index is 13.0. The summed E-state index contributed by atoms with van der Waals surface area (Å²) in [5, 5.41) is 14.8. The van der Waals surface area contributed by atoms with Gasteiger partial charge in [0.2, 0.25) is 5.91 Å². The zero-order valence-electron chi connectivity index (χ0n) is 15.6. The number of phenols is 1. The Morgan fingerprint density at radius 1 is 1.07 bits per heavy atom. The number of anilines is 1. The van der Waals surface area contributed by atoms with Crippen molar-refractivity contribution in [2.24, 2.45) is 5.92 Å². The number of carbonyl (C=O) groups is 2. The van der Waals surface area contributed by atoms with E-state index in [4.69, 9.17) is 0 Å². The Morgan fingerprint density at radius 3 is 2.37 bits per heavy atom. The van der Waals surface area contributed by atoms with Crippen LogP contribution in [0.1, 0.15) is 23.5 Å². The van der Waals surface area contributed by atoms with E-state index in [-0.39, 0.29) is 23.5 Å². The Balaban J connectivity index is 1.62. The number of rotatable bonds is 5. The molecule has 1 saturated heterocycles. The van der Waals surface area contributed by atoms with Crippen molar-refractivity contribution in [2.75, 3.05) is 31.1 Å². The van der Waals surface area contributed by atoms with Gasteiger partial charge in [-0.15, -0.1) is 11.3 Å². The van der Waals surface area contributed by atoms with Crippen LogP contribution in [0.25, 0.3) is 0 Å². The van der Waals surface area contributed by atoms with Crippen LogP contribution < -0.4 is 10.2 Å². The van der Waals surface area contributed by atoms with Crippen LogP contribution in [0.3, 0.4) is 0 Å². The van der Waals surface area contributed by atoms with E-state index >= 15 is 0 Å². The lowest BCUT2D eigenvalue weighted by Gasteiger charge is -2.38. The second-order valence-electron chi connectivity index (χ2n) is 6.97. The van der Waals surface area contributed by atoms with Crippen LogP contribution in [-0.2, 0) is 4.79 Å². The molecule has 144 valence electrons. The maximum Gasteiger partial charge on any atom is 0.262 e. The van der Waals surface area contributed by atoms with E-state index < -0.39 is 6.04 Å². The number of carbonyl (C=O) groups excluding carboxylic acids is 2. The minimum Gasteiger partial charge on any atom is -0.506 e. The molecular weight excluding hydrogens is 362 g/mol. The maximum atomic E-state index is 13.0. The molecule has 2 aromatic rings. The zero-order valence-corrected chi connectivity index (χ0v) is 16.4. The van der Waals surface area contributed by atoms with Crippen molar-refractivity contribution in [3.05, 3.63) is 46.7 Å². The molecule has 0 saturated carbocycles. The molecule has 1 aromatic carbocycles. The minimum absolute atomic E-state index is 0.00221. The van der Waals surface area contributed by atoms with Crippen molar-refractivity contribution in [3.8, 4) is 5.75 Å². The molecule has 27 heavy (non-hydrogen) atoms. The topological polar surface area (TPSA) is 72.9 Å². The molecule has 2 heterocycles. The second kappa shape index (κ2) is 8.43. The molecule has 0 radical (unpaired) electrons. The number of aromatic hydroxyl groups is 1. The number of thiophene rings is 1. The lowest BCUT2D eigenvalue weighted by molar-refractivity contribution is -0.134. The SMILES string of the molecule is CC(C)C(NC(=O)c1cccs1)C(=O)N1CCN(c2ccccc2O)CC1. The standard InChI is InChI=1S/C20H25N3O3S/c1-14(2)18(21-19(25)17-8-5-13-27-17)20(26)23-11-9-22(10-12-23)15-6-3-4-7-16(15)24/h3-8,13-14,18,24H,9-12H2,1-2H3,(H,21,25). The van der Waals surface area contributed by atoms with Gasteiger partial charge in [-0.3, -0.25) is 9.59 Å². The van der Waals surface area contributed by atoms with Crippen LogP contribution in [0, 0.1) is 5.92 Å². The van der Waals surface area contributed by atoms with Gasteiger partial charge in [0.05, 0.1) is 10.6 Å². The first kappa shape index (κ1) is 19.2. The summed E-state index contributed by atoms with van der Waals surface area (Å²) >= 11 is 1.36. The van der Waals surface area contributed by atoms with Gasteiger partial charge < -0.3 is 20.2 Å². The summed E-state index contributed by atoms with van der Waals surface area (Å²) < 4.78 is 0. The molecule has 0 spiro atoms. The predicted molar refractivity (Wildman–Crippen MR) is 107 cm³/mol. The number of benzene rings is 1.